The second-order valence-corrected chi connectivity index (χ2v) is 3.18. The molecule has 0 amide bonds. The van der Waals surface area contributed by atoms with Gasteiger partial charge < -0.3 is 15.8 Å². The molecule has 0 unspecified atom stereocenters. The van der Waals surface area contributed by atoms with Crippen molar-refractivity contribution >= 4 is 0 Å². The van der Waals surface area contributed by atoms with Crippen molar-refractivity contribution in [3.8, 4) is 0 Å². The van der Waals surface area contributed by atoms with E-state index in [1.165, 1.54) is 12.8 Å². The Labute approximate surface area is 68.3 Å². The maximum absolute atomic E-state index is 5.45. The van der Waals surface area contributed by atoms with Crippen LogP contribution in [0.2, 0.25) is 0 Å². The van der Waals surface area contributed by atoms with Crippen molar-refractivity contribution in [3.63, 3.8) is 0 Å². The molecule has 1 rings (SSSR count). The fraction of sp³-hybridized carbons (Fsp3) is 1.00. The second-order valence-electron chi connectivity index (χ2n) is 3.18. The lowest BCUT2D eigenvalue weighted by molar-refractivity contribution is 0.108. The maximum atomic E-state index is 5.45. The molecule has 1 saturated heterocycles. The number of hydrogen-bond donors (Lipinski definition) is 2. The first-order valence-corrected chi connectivity index (χ1v) is 4.38. The van der Waals surface area contributed by atoms with Crippen molar-refractivity contribution in [1.29, 1.82) is 0 Å². The molecule has 1 aliphatic heterocycles. The van der Waals surface area contributed by atoms with E-state index >= 15 is 0 Å². The molecule has 0 radical (unpaired) electrons. The Hall–Kier alpha value is -0.120. The standard InChI is InChI=1S/C8H18N2O/c1-7(5-9)10-6-8-3-2-4-11-8/h7-8,10H,2-6,9H2,1H3/t7-,8+/m0/s1. The molecule has 0 aromatic carbocycles. The van der Waals surface area contributed by atoms with Gasteiger partial charge in [-0.1, -0.05) is 0 Å². The van der Waals surface area contributed by atoms with Crippen LogP contribution in [0.15, 0.2) is 0 Å². The zero-order valence-electron chi connectivity index (χ0n) is 7.18. The van der Waals surface area contributed by atoms with Gasteiger partial charge in [0.25, 0.3) is 0 Å². The molecular formula is C8H18N2O. The van der Waals surface area contributed by atoms with Gasteiger partial charge >= 0.3 is 0 Å². The Morgan fingerprint density at radius 1 is 1.73 bits per heavy atom. The van der Waals surface area contributed by atoms with E-state index in [4.69, 9.17) is 10.5 Å². The molecule has 11 heavy (non-hydrogen) atoms. The lowest BCUT2D eigenvalue weighted by Crippen LogP contribution is -2.38. The fourth-order valence-corrected chi connectivity index (χ4v) is 1.22. The Morgan fingerprint density at radius 2 is 2.55 bits per heavy atom. The van der Waals surface area contributed by atoms with Crippen molar-refractivity contribution < 1.29 is 4.74 Å². The highest BCUT2D eigenvalue weighted by atomic mass is 16.5. The second kappa shape index (κ2) is 4.70. The maximum Gasteiger partial charge on any atom is 0.0700 e. The summed E-state index contributed by atoms with van der Waals surface area (Å²) in [7, 11) is 0. The molecule has 0 aromatic rings. The summed E-state index contributed by atoms with van der Waals surface area (Å²) in [5, 5.41) is 3.32. The lowest BCUT2D eigenvalue weighted by Gasteiger charge is -2.14. The quantitative estimate of drug-likeness (QED) is 0.610. The van der Waals surface area contributed by atoms with Crippen LogP contribution in [0.25, 0.3) is 0 Å². The lowest BCUT2D eigenvalue weighted by atomic mass is 10.2. The van der Waals surface area contributed by atoms with Gasteiger partial charge in [0.2, 0.25) is 0 Å². The molecule has 1 fully saturated rings. The van der Waals surface area contributed by atoms with Crippen molar-refractivity contribution in [3.05, 3.63) is 0 Å². The monoisotopic (exact) mass is 158 g/mol. The molecule has 0 bridgehead atoms. The van der Waals surface area contributed by atoms with E-state index in [9.17, 15) is 0 Å². The number of rotatable bonds is 4. The first kappa shape index (κ1) is 8.97. The summed E-state index contributed by atoms with van der Waals surface area (Å²) >= 11 is 0. The topological polar surface area (TPSA) is 47.3 Å². The molecule has 3 heteroatoms. The van der Waals surface area contributed by atoms with Crippen LogP contribution in [0.4, 0.5) is 0 Å². The largest absolute Gasteiger partial charge is 0.377 e. The number of hydrogen-bond acceptors (Lipinski definition) is 3. The van der Waals surface area contributed by atoms with Crippen molar-refractivity contribution in [1.82, 2.24) is 5.32 Å². The minimum atomic E-state index is 0.416. The third-order valence-corrected chi connectivity index (χ3v) is 2.07. The summed E-state index contributed by atoms with van der Waals surface area (Å²) in [6.45, 7) is 4.68. The highest BCUT2D eigenvalue weighted by Gasteiger charge is 2.15. The molecule has 3 N–H and O–H groups in total. The molecule has 0 saturated carbocycles. The third kappa shape index (κ3) is 3.18. The van der Waals surface area contributed by atoms with E-state index in [0.29, 0.717) is 18.7 Å². The zero-order valence-corrected chi connectivity index (χ0v) is 7.18. The minimum absolute atomic E-state index is 0.416. The van der Waals surface area contributed by atoms with E-state index < -0.39 is 0 Å². The smallest absolute Gasteiger partial charge is 0.0700 e. The van der Waals surface area contributed by atoms with Gasteiger partial charge in [0.05, 0.1) is 6.10 Å². The van der Waals surface area contributed by atoms with Gasteiger partial charge in [-0.15, -0.1) is 0 Å². The van der Waals surface area contributed by atoms with Gasteiger partial charge in [-0.3, -0.25) is 0 Å². The molecule has 0 aromatic heterocycles. The molecule has 2 atom stereocenters. The predicted molar refractivity (Wildman–Crippen MR) is 45.5 cm³/mol. The Kier molecular flexibility index (Phi) is 3.83. The van der Waals surface area contributed by atoms with Crippen LogP contribution in [-0.2, 0) is 4.74 Å². The van der Waals surface area contributed by atoms with E-state index in [2.05, 4.69) is 12.2 Å². The van der Waals surface area contributed by atoms with Gasteiger partial charge in [-0.2, -0.15) is 0 Å². The predicted octanol–water partition coefficient (Wildman–Crippen LogP) is 0.102. The van der Waals surface area contributed by atoms with Crippen molar-refractivity contribution in [2.45, 2.75) is 31.9 Å². The Morgan fingerprint density at radius 3 is 3.09 bits per heavy atom. The molecular weight excluding hydrogens is 140 g/mol. The normalized spacial score (nSPS) is 27.3. The molecule has 0 spiro atoms. The van der Waals surface area contributed by atoms with Gasteiger partial charge in [0.15, 0.2) is 0 Å². The highest BCUT2D eigenvalue weighted by molar-refractivity contribution is 4.70. The summed E-state index contributed by atoms with van der Waals surface area (Å²) < 4.78 is 5.44. The zero-order chi connectivity index (χ0) is 8.10. The number of nitrogens with one attached hydrogen (secondary N) is 1. The van der Waals surface area contributed by atoms with Crippen LogP contribution < -0.4 is 11.1 Å². The van der Waals surface area contributed by atoms with Crippen LogP contribution in [-0.4, -0.2) is 31.8 Å². The third-order valence-electron chi connectivity index (χ3n) is 2.07. The van der Waals surface area contributed by atoms with Gasteiger partial charge in [-0.05, 0) is 19.8 Å². The van der Waals surface area contributed by atoms with Gasteiger partial charge in [0, 0.05) is 25.7 Å². The first-order chi connectivity index (χ1) is 5.33. The SMILES string of the molecule is C[C@@H](CN)NC[C@H]1CCCO1. The van der Waals surface area contributed by atoms with E-state index in [0.717, 1.165) is 13.2 Å². The van der Waals surface area contributed by atoms with Crippen LogP contribution in [0.1, 0.15) is 19.8 Å². The number of nitrogens with two attached hydrogens (primary N) is 1. The molecule has 3 nitrogen and oxygen atoms in total. The Balaban J connectivity index is 2.01. The number of ether oxygens (including phenoxy) is 1. The summed E-state index contributed by atoms with van der Waals surface area (Å²) in [6.07, 6.45) is 2.84. The first-order valence-electron chi connectivity index (χ1n) is 4.38. The van der Waals surface area contributed by atoms with Crippen LogP contribution >= 0.6 is 0 Å². The summed E-state index contributed by atoms with van der Waals surface area (Å²) in [4.78, 5) is 0. The summed E-state index contributed by atoms with van der Waals surface area (Å²) in [5.74, 6) is 0. The summed E-state index contributed by atoms with van der Waals surface area (Å²) in [5.41, 5.74) is 5.45. The van der Waals surface area contributed by atoms with Crippen molar-refractivity contribution in [2.75, 3.05) is 19.7 Å². The fourth-order valence-electron chi connectivity index (χ4n) is 1.22. The van der Waals surface area contributed by atoms with Gasteiger partial charge in [0.1, 0.15) is 0 Å². The molecule has 66 valence electrons. The van der Waals surface area contributed by atoms with Crippen LogP contribution in [0, 0.1) is 0 Å². The average molecular weight is 158 g/mol. The van der Waals surface area contributed by atoms with E-state index in [1.54, 1.807) is 0 Å². The van der Waals surface area contributed by atoms with Gasteiger partial charge in [-0.25, -0.2) is 0 Å². The van der Waals surface area contributed by atoms with Crippen molar-refractivity contribution in [2.24, 2.45) is 5.73 Å². The van der Waals surface area contributed by atoms with E-state index in [1.807, 2.05) is 0 Å². The van der Waals surface area contributed by atoms with Crippen LogP contribution in [0.5, 0.6) is 0 Å². The average Bonchev–Trinajstić information content (AvgIpc) is 2.52. The highest BCUT2D eigenvalue weighted by Crippen LogP contribution is 2.10. The molecule has 0 aliphatic carbocycles. The van der Waals surface area contributed by atoms with Crippen LogP contribution in [0.3, 0.4) is 0 Å². The minimum Gasteiger partial charge on any atom is -0.377 e. The van der Waals surface area contributed by atoms with E-state index in [-0.39, 0.29) is 0 Å². The Bertz CT molecular complexity index is 102. The summed E-state index contributed by atoms with van der Waals surface area (Å²) in [6, 6.07) is 0.416. The molecule has 1 heterocycles. The molecule has 1 aliphatic rings.